The third kappa shape index (κ3) is 8.17. The summed E-state index contributed by atoms with van der Waals surface area (Å²) in [6, 6.07) is 5.03. The van der Waals surface area contributed by atoms with Crippen molar-refractivity contribution >= 4 is 5.91 Å². The quantitative estimate of drug-likeness (QED) is 0.507. The molecule has 0 radical (unpaired) electrons. The number of hydrogen-bond acceptors (Lipinski definition) is 6. The lowest BCUT2D eigenvalue weighted by Gasteiger charge is -2.55. The first kappa shape index (κ1) is 29.6. The van der Waals surface area contributed by atoms with E-state index in [1.807, 2.05) is 6.92 Å². The highest BCUT2D eigenvalue weighted by atomic mass is 16.2. The third-order valence-corrected chi connectivity index (χ3v) is 7.90. The first-order valence-corrected chi connectivity index (χ1v) is 13.4. The highest BCUT2D eigenvalue weighted by Crippen LogP contribution is 2.38. The fourth-order valence-electron chi connectivity index (χ4n) is 7.11. The fourth-order valence-corrected chi connectivity index (χ4v) is 7.11. The zero-order valence-electron chi connectivity index (χ0n) is 23.8. The molecule has 0 aliphatic carbocycles. The first-order chi connectivity index (χ1) is 16.0. The summed E-state index contributed by atoms with van der Waals surface area (Å²) in [5.41, 5.74) is -0.158. The van der Waals surface area contributed by atoms with Gasteiger partial charge in [0.15, 0.2) is 0 Å². The second-order valence-electron chi connectivity index (χ2n) is 13.6. The van der Waals surface area contributed by atoms with E-state index in [4.69, 9.17) is 5.26 Å². The summed E-state index contributed by atoms with van der Waals surface area (Å²) in [5.74, 6) is -0.0564. The maximum Gasteiger partial charge on any atom is 0.224 e. The van der Waals surface area contributed by atoms with Gasteiger partial charge in [-0.05, 0) is 81.1 Å². The maximum absolute atomic E-state index is 13.4. The molecule has 2 fully saturated rings. The van der Waals surface area contributed by atoms with Crippen molar-refractivity contribution in [2.24, 2.45) is 5.92 Å². The van der Waals surface area contributed by atoms with E-state index in [1.54, 1.807) is 0 Å². The van der Waals surface area contributed by atoms with Crippen molar-refractivity contribution in [3.05, 3.63) is 0 Å². The summed E-state index contributed by atoms with van der Waals surface area (Å²) in [7, 11) is 0. The molecule has 2 heterocycles. The van der Waals surface area contributed by atoms with E-state index in [2.05, 4.69) is 88.0 Å². The molecule has 0 aromatic carbocycles. The van der Waals surface area contributed by atoms with Crippen LogP contribution in [-0.4, -0.2) is 69.6 Å². The number of nitrogens with zero attached hydrogens (tertiary/aromatic N) is 4. The van der Waals surface area contributed by atoms with E-state index < -0.39 is 0 Å². The van der Waals surface area contributed by atoms with Crippen molar-refractivity contribution in [1.29, 1.82) is 10.5 Å². The highest BCUT2D eigenvalue weighted by molar-refractivity contribution is 5.78. The second-order valence-corrected chi connectivity index (χ2v) is 13.6. The van der Waals surface area contributed by atoms with E-state index in [9.17, 15) is 10.1 Å². The number of hydrogen-bond donors (Lipinski definition) is 2. The number of carbonyl (C=O) groups excluding carboxylic acids is 1. The molecule has 35 heavy (non-hydrogen) atoms. The lowest BCUT2D eigenvalue weighted by atomic mass is 9.76. The number of piperidine rings is 2. The number of nitrogens with one attached hydrogen (secondary N) is 2. The molecule has 2 rings (SSSR count). The van der Waals surface area contributed by atoms with Gasteiger partial charge in [0.1, 0.15) is 0 Å². The molecule has 0 aromatic rings. The van der Waals surface area contributed by atoms with Gasteiger partial charge in [-0.2, -0.15) is 10.5 Å². The molecule has 198 valence electrons. The van der Waals surface area contributed by atoms with Gasteiger partial charge in [0.25, 0.3) is 0 Å². The van der Waals surface area contributed by atoms with Crippen molar-refractivity contribution in [3.63, 3.8) is 0 Å². The minimum Gasteiger partial charge on any atom is -0.353 e. The number of amides is 1. The van der Waals surface area contributed by atoms with Crippen molar-refractivity contribution in [2.45, 2.75) is 135 Å². The van der Waals surface area contributed by atoms with Crippen LogP contribution in [0.25, 0.3) is 0 Å². The molecular formula is C28H50N6O. The summed E-state index contributed by atoms with van der Waals surface area (Å²) in [6.45, 7) is 22.0. The van der Waals surface area contributed by atoms with Gasteiger partial charge in [-0.3, -0.25) is 14.6 Å². The van der Waals surface area contributed by atoms with Gasteiger partial charge < -0.3 is 10.6 Å². The van der Waals surface area contributed by atoms with Gasteiger partial charge in [0.05, 0.1) is 12.1 Å². The smallest absolute Gasteiger partial charge is 0.224 e. The Kier molecular flexibility index (Phi) is 9.42. The Morgan fingerprint density at radius 3 is 1.97 bits per heavy atom. The number of likely N-dealkylation sites (tertiary alicyclic amines) is 1. The topological polar surface area (TPSA) is 95.2 Å². The molecule has 2 saturated heterocycles. The van der Waals surface area contributed by atoms with Gasteiger partial charge in [0.2, 0.25) is 5.91 Å². The van der Waals surface area contributed by atoms with Crippen molar-refractivity contribution in [2.75, 3.05) is 19.6 Å². The van der Waals surface area contributed by atoms with E-state index in [0.29, 0.717) is 32.0 Å². The number of nitriles is 2. The number of carbonyl (C=O) groups is 1. The van der Waals surface area contributed by atoms with Gasteiger partial charge in [0, 0.05) is 72.6 Å². The summed E-state index contributed by atoms with van der Waals surface area (Å²) in [4.78, 5) is 18.2. The number of rotatable bonds is 9. The predicted octanol–water partition coefficient (Wildman–Crippen LogP) is 4.20. The van der Waals surface area contributed by atoms with Crippen LogP contribution in [0.3, 0.4) is 0 Å². The van der Waals surface area contributed by atoms with E-state index in [1.165, 1.54) is 0 Å². The zero-order valence-corrected chi connectivity index (χ0v) is 23.8. The van der Waals surface area contributed by atoms with Crippen LogP contribution >= 0.6 is 0 Å². The maximum atomic E-state index is 13.4. The van der Waals surface area contributed by atoms with Gasteiger partial charge in [-0.25, -0.2) is 0 Å². The van der Waals surface area contributed by atoms with E-state index >= 15 is 0 Å². The van der Waals surface area contributed by atoms with E-state index in [-0.39, 0.29) is 40.0 Å². The fraction of sp³-hybridized carbons (Fsp3) is 0.893. The molecule has 1 unspecified atom stereocenters. The Morgan fingerprint density at radius 1 is 0.971 bits per heavy atom. The summed E-state index contributed by atoms with van der Waals surface area (Å²) in [6.07, 6.45) is 4.73. The van der Waals surface area contributed by atoms with E-state index in [0.717, 1.165) is 32.2 Å². The lowest BCUT2D eigenvalue weighted by Crippen LogP contribution is -2.64. The second kappa shape index (κ2) is 11.2. The van der Waals surface area contributed by atoms with Crippen LogP contribution in [0.2, 0.25) is 0 Å². The average molecular weight is 487 g/mol. The zero-order chi connectivity index (χ0) is 26.7. The Hall–Kier alpha value is -1.67. The van der Waals surface area contributed by atoms with Crippen LogP contribution in [0, 0.1) is 28.6 Å². The molecular weight excluding hydrogens is 436 g/mol. The molecule has 0 saturated carbocycles. The molecule has 0 bridgehead atoms. The third-order valence-electron chi connectivity index (χ3n) is 7.90. The molecule has 1 amide bonds. The lowest BCUT2D eigenvalue weighted by molar-refractivity contribution is -0.128. The molecule has 7 heteroatoms. The molecule has 0 spiro atoms. The van der Waals surface area contributed by atoms with Crippen LogP contribution in [0.5, 0.6) is 0 Å². The van der Waals surface area contributed by atoms with Crippen LogP contribution in [0.15, 0.2) is 0 Å². The van der Waals surface area contributed by atoms with Crippen LogP contribution in [0.1, 0.15) is 101 Å². The Labute approximate surface area is 214 Å². The van der Waals surface area contributed by atoms with Gasteiger partial charge >= 0.3 is 0 Å². The molecule has 2 aliphatic rings. The van der Waals surface area contributed by atoms with Crippen LogP contribution < -0.4 is 10.6 Å². The van der Waals surface area contributed by atoms with Crippen molar-refractivity contribution in [1.82, 2.24) is 20.4 Å². The summed E-state index contributed by atoms with van der Waals surface area (Å²) in [5, 5.41) is 25.5. The highest BCUT2D eigenvalue weighted by Gasteiger charge is 2.45. The minimum absolute atomic E-state index is 0.0134. The normalized spacial score (nSPS) is 24.9. The molecule has 2 aliphatic heterocycles. The molecule has 0 aromatic heterocycles. The van der Waals surface area contributed by atoms with Gasteiger partial charge in [-0.1, -0.05) is 6.92 Å². The monoisotopic (exact) mass is 486 g/mol. The van der Waals surface area contributed by atoms with Crippen LogP contribution in [-0.2, 0) is 4.79 Å². The Bertz CT molecular complexity index is 784. The Balaban J connectivity index is 2.07. The standard InChI is InChI=1S/C28H50N6O/c1-21(20-33(14-10-12-29)23-18-25(2,3)32-26(4,5)19-23)24(35)31-22-16-27(6,7)34(15-11-13-30)28(8,9)17-22/h21-23,32H,10-11,14-20H2,1-9H3,(H,31,35). The summed E-state index contributed by atoms with van der Waals surface area (Å²) >= 11 is 0. The van der Waals surface area contributed by atoms with Crippen molar-refractivity contribution < 1.29 is 4.79 Å². The SMILES string of the molecule is CC(CN(CCC#N)C1CC(C)(C)NC(C)(C)C1)C(=O)NC1CC(C)(C)N(CCC#N)C(C)(C)C1. The van der Waals surface area contributed by atoms with Crippen molar-refractivity contribution in [3.8, 4) is 12.1 Å². The Morgan fingerprint density at radius 2 is 1.49 bits per heavy atom. The minimum atomic E-state index is -0.155. The largest absolute Gasteiger partial charge is 0.353 e. The molecule has 2 N–H and O–H groups in total. The summed E-state index contributed by atoms with van der Waals surface area (Å²) < 4.78 is 0. The first-order valence-electron chi connectivity index (χ1n) is 13.4. The molecule has 7 nitrogen and oxygen atoms in total. The average Bonchev–Trinajstić information content (AvgIpc) is 2.66. The van der Waals surface area contributed by atoms with Crippen LogP contribution in [0.4, 0.5) is 0 Å². The van der Waals surface area contributed by atoms with Gasteiger partial charge in [-0.15, -0.1) is 0 Å². The predicted molar refractivity (Wildman–Crippen MR) is 142 cm³/mol. The molecule has 1 atom stereocenters.